The van der Waals surface area contributed by atoms with Crippen LogP contribution in [0.15, 0.2) is 6.07 Å². The monoisotopic (exact) mass is 259 g/mol. The summed E-state index contributed by atoms with van der Waals surface area (Å²) in [6, 6.07) is 2.24. The van der Waals surface area contributed by atoms with E-state index in [-0.39, 0.29) is 0 Å². The first kappa shape index (κ1) is 9.66. The molecule has 1 aliphatic rings. The molecule has 2 atom stereocenters. The van der Waals surface area contributed by atoms with E-state index in [4.69, 9.17) is 0 Å². The van der Waals surface area contributed by atoms with Gasteiger partial charge in [-0.1, -0.05) is 29.8 Å². The van der Waals surface area contributed by atoms with E-state index in [1.165, 1.54) is 4.88 Å². The second-order valence-electron chi connectivity index (χ2n) is 4.43. The predicted molar refractivity (Wildman–Crippen MR) is 60.7 cm³/mol. The molecule has 0 saturated heterocycles. The minimum absolute atomic E-state index is 0.475. The maximum Gasteiger partial charge on any atom is 0.0514 e. The first-order chi connectivity index (χ1) is 6.07. The predicted octanol–water partition coefficient (Wildman–Crippen LogP) is 3.59. The van der Waals surface area contributed by atoms with Gasteiger partial charge in [-0.25, -0.2) is 0 Å². The maximum atomic E-state index is 4.34. The Labute approximate surface area is 91.8 Å². The lowest BCUT2D eigenvalue weighted by Crippen LogP contribution is -1.89. The third kappa shape index (κ3) is 1.46. The lowest BCUT2D eigenvalue weighted by Gasteiger charge is -1.98. The van der Waals surface area contributed by atoms with Crippen LogP contribution in [-0.4, -0.2) is 9.70 Å². The van der Waals surface area contributed by atoms with Crippen LogP contribution in [-0.2, 0) is 0 Å². The molecule has 2 rings (SSSR count). The number of alkyl halides is 1. The quantitative estimate of drug-likeness (QED) is 0.740. The van der Waals surface area contributed by atoms with Gasteiger partial charge in [0, 0.05) is 16.1 Å². The average molecular weight is 260 g/mol. The number of hydrogen-bond donors (Lipinski definition) is 0. The molecule has 72 valence electrons. The molecule has 2 unspecified atom stereocenters. The van der Waals surface area contributed by atoms with E-state index in [2.05, 4.69) is 47.1 Å². The van der Waals surface area contributed by atoms with Crippen LogP contribution >= 0.6 is 27.5 Å². The van der Waals surface area contributed by atoms with Crippen molar-refractivity contribution in [2.75, 3.05) is 5.33 Å². The van der Waals surface area contributed by atoms with Gasteiger partial charge in [0.25, 0.3) is 0 Å². The number of rotatable bonds is 2. The van der Waals surface area contributed by atoms with Crippen LogP contribution < -0.4 is 0 Å². The smallest absolute Gasteiger partial charge is 0.0514 e. The number of halogens is 1. The molecule has 0 amide bonds. The van der Waals surface area contributed by atoms with E-state index in [0.29, 0.717) is 5.41 Å². The normalized spacial score (nSPS) is 30.5. The molecule has 1 fully saturated rings. The summed E-state index contributed by atoms with van der Waals surface area (Å²) >= 11 is 5.25. The lowest BCUT2D eigenvalue weighted by molar-refractivity contribution is 0.581. The lowest BCUT2D eigenvalue weighted by atomic mass is 10.1. The van der Waals surface area contributed by atoms with Gasteiger partial charge in [-0.15, -0.1) is 0 Å². The molecule has 1 nitrogen and oxygen atoms in total. The zero-order valence-electron chi connectivity index (χ0n) is 8.17. The third-order valence-electron chi connectivity index (χ3n) is 3.17. The molecule has 0 radical (unpaired) electrons. The van der Waals surface area contributed by atoms with Crippen LogP contribution in [0.25, 0.3) is 0 Å². The van der Waals surface area contributed by atoms with Gasteiger partial charge in [0.15, 0.2) is 0 Å². The summed E-state index contributed by atoms with van der Waals surface area (Å²) in [6.07, 6.45) is 0. The van der Waals surface area contributed by atoms with Crippen LogP contribution in [0, 0.1) is 18.3 Å². The number of aromatic nitrogens is 1. The van der Waals surface area contributed by atoms with Gasteiger partial charge in [-0.05, 0) is 35.9 Å². The van der Waals surface area contributed by atoms with Crippen molar-refractivity contribution >= 4 is 27.5 Å². The zero-order chi connectivity index (χ0) is 9.64. The van der Waals surface area contributed by atoms with Crippen molar-refractivity contribution < 1.29 is 0 Å². The fourth-order valence-corrected chi connectivity index (χ4v) is 4.44. The third-order valence-corrected chi connectivity index (χ3v) is 4.83. The van der Waals surface area contributed by atoms with Crippen LogP contribution in [0.4, 0.5) is 0 Å². The van der Waals surface area contributed by atoms with Gasteiger partial charge in [-0.3, -0.25) is 0 Å². The van der Waals surface area contributed by atoms with Crippen molar-refractivity contribution in [3.63, 3.8) is 0 Å². The minimum Gasteiger partial charge on any atom is -0.198 e. The van der Waals surface area contributed by atoms with Crippen molar-refractivity contribution in [2.24, 2.45) is 11.3 Å². The SMILES string of the molecule is Cc1cc(C2C(CBr)C2(C)C)sn1. The molecule has 1 aliphatic carbocycles. The molecule has 3 heteroatoms. The highest BCUT2D eigenvalue weighted by Gasteiger charge is 2.58. The number of nitrogens with zero attached hydrogens (tertiary/aromatic N) is 1. The van der Waals surface area contributed by atoms with Gasteiger partial charge in [0.2, 0.25) is 0 Å². The molecule has 13 heavy (non-hydrogen) atoms. The van der Waals surface area contributed by atoms with Crippen molar-refractivity contribution in [1.82, 2.24) is 4.37 Å². The van der Waals surface area contributed by atoms with Gasteiger partial charge < -0.3 is 0 Å². The van der Waals surface area contributed by atoms with Crippen molar-refractivity contribution in [1.29, 1.82) is 0 Å². The molecule has 0 aromatic carbocycles. The first-order valence-electron chi connectivity index (χ1n) is 4.56. The highest BCUT2D eigenvalue weighted by atomic mass is 79.9. The maximum absolute atomic E-state index is 4.34. The van der Waals surface area contributed by atoms with E-state index in [1.54, 1.807) is 11.5 Å². The summed E-state index contributed by atoms with van der Waals surface area (Å²) in [5.41, 5.74) is 1.64. The summed E-state index contributed by atoms with van der Waals surface area (Å²) in [7, 11) is 0. The summed E-state index contributed by atoms with van der Waals surface area (Å²) in [5, 5.41) is 1.11. The molecule has 1 heterocycles. The topological polar surface area (TPSA) is 12.9 Å². The number of aryl methyl sites for hydroxylation is 1. The second kappa shape index (κ2) is 3.06. The van der Waals surface area contributed by atoms with Gasteiger partial charge in [-0.2, -0.15) is 4.37 Å². The molecular weight excluding hydrogens is 246 g/mol. The van der Waals surface area contributed by atoms with Gasteiger partial charge in [0.1, 0.15) is 0 Å². The van der Waals surface area contributed by atoms with Gasteiger partial charge >= 0.3 is 0 Å². The van der Waals surface area contributed by atoms with E-state index in [9.17, 15) is 0 Å². The van der Waals surface area contributed by atoms with E-state index < -0.39 is 0 Å². The van der Waals surface area contributed by atoms with Crippen molar-refractivity contribution in [2.45, 2.75) is 26.7 Å². The van der Waals surface area contributed by atoms with Crippen LogP contribution in [0.1, 0.15) is 30.3 Å². The summed E-state index contributed by atoms with van der Waals surface area (Å²) in [5.74, 6) is 1.53. The molecule has 1 saturated carbocycles. The van der Waals surface area contributed by atoms with E-state index in [0.717, 1.165) is 22.9 Å². The zero-order valence-corrected chi connectivity index (χ0v) is 10.6. The Balaban J connectivity index is 2.21. The fourth-order valence-electron chi connectivity index (χ4n) is 2.13. The van der Waals surface area contributed by atoms with Crippen molar-refractivity contribution in [3.8, 4) is 0 Å². The van der Waals surface area contributed by atoms with Crippen LogP contribution in [0.5, 0.6) is 0 Å². The Morgan fingerprint density at radius 1 is 1.62 bits per heavy atom. The van der Waals surface area contributed by atoms with Crippen molar-refractivity contribution in [3.05, 3.63) is 16.6 Å². The van der Waals surface area contributed by atoms with Crippen LogP contribution in [0.3, 0.4) is 0 Å². The summed E-state index contributed by atoms with van der Waals surface area (Å²) < 4.78 is 4.34. The molecule has 0 bridgehead atoms. The highest BCUT2D eigenvalue weighted by molar-refractivity contribution is 9.09. The minimum atomic E-state index is 0.475. The molecule has 0 N–H and O–H groups in total. The Bertz CT molecular complexity index is 318. The summed E-state index contributed by atoms with van der Waals surface area (Å²) in [4.78, 5) is 1.46. The Hall–Kier alpha value is 0.110. The Morgan fingerprint density at radius 2 is 2.31 bits per heavy atom. The molecule has 1 aromatic heterocycles. The molecule has 0 spiro atoms. The molecular formula is C10H14BrNS. The standard InChI is InChI=1S/C10H14BrNS/c1-6-4-8(13-12-6)9-7(5-11)10(9,2)3/h4,7,9H,5H2,1-3H3. The highest BCUT2D eigenvalue weighted by Crippen LogP contribution is 2.65. The molecule has 1 aromatic rings. The summed E-state index contributed by atoms with van der Waals surface area (Å²) in [6.45, 7) is 6.76. The van der Waals surface area contributed by atoms with Gasteiger partial charge in [0.05, 0.1) is 5.69 Å². The Morgan fingerprint density at radius 3 is 2.69 bits per heavy atom. The number of hydrogen-bond acceptors (Lipinski definition) is 2. The molecule has 0 aliphatic heterocycles. The van der Waals surface area contributed by atoms with E-state index >= 15 is 0 Å². The van der Waals surface area contributed by atoms with E-state index in [1.807, 2.05) is 0 Å². The second-order valence-corrected chi connectivity index (χ2v) is 5.91. The van der Waals surface area contributed by atoms with Crippen LogP contribution in [0.2, 0.25) is 0 Å². The largest absolute Gasteiger partial charge is 0.198 e. The fraction of sp³-hybridized carbons (Fsp3) is 0.700. The average Bonchev–Trinajstić information content (AvgIpc) is 2.41. The first-order valence-corrected chi connectivity index (χ1v) is 6.46. The Kier molecular flexibility index (Phi) is 2.27.